The van der Waals surface area contributed by atoms with Crippen molar-refractivity contribution in [3.05, 3.63) is 63.5 Å². The highest BCUT2D eigenvalue weighted by Crippen LogP contribution is 2.28. The van der Waals surface area contributed by atoms with E-state index in [4.69, 9.17) is 0 Å². The zero-order chi connectivity index (χ0) is 13.8. The van der Waals surface area contributed by atoms with Crippen LogP contribution in [-0.2, 0) is 6.54 Å². The molecule has 0 amide bonds. The molecule has 5 heteroatoms. The van der Waals surface area contributed by atoms with Crippen molar-refractivity contribution in [2.45, 2.75) is 20.4 Å². The predicted molar refractivity (Wildman–Crippen MR) is 74.1 cm³/mol. The molecule has 1 aromatic heterocycles. The SMILES string of the molecule is Cc1ccc(CNc2cccc(C)c2[N+](=O)[O-])cn1. The summed E-state index contributed by atoms with van der Waals surface area (Å²) in [4.78, 5) is 14.9. The molecule has 0 spiro atoms. The number of rotatable bonds is 4. The van der Waals surface area contributed by atoms with Gasteiger partial charge in [0.05, 0.1) is 4.92 Å². The Morgan fingerprint density at radius 3 is 2.68 bits per heavy atom. The largest absolute Gasteiger partial charge is 0.375 e. The van der Waals surface area contributed by atoms with Crippen molar-refractivity contribution in [1.82, 2.24) is 4.98 Å². The summed E-state index contributed by atoms with van der Waals surface area (Å²) in [7, 11) is 0. The summed E-state index contributed by atoms with van der Waals surface area (Å²) in [6.07, 6.45) is 1.77. The van der Waals surface area contributed by atoms with Crippen LogP contribution in [0.1, 0.15) is 16.8 Å². The van der Waals surface area contributed by atoms with E-state index in [1.807, 2.05) is 19.1 Å². The van der Waals surface area contributed by atoms with Crippen LogP contribution in [0.5, 0.6) is 0 Å². The molecule has 2 aromatic rings. The van der Waals surface area contributed by atoms with E-state index >= 15 is 0 Å². The van der Waals surface area contributed by atoms with E-state index in [9.17, 15) is 10.1 Å². The van der Waals surface area contributed by atoms with Gasteiger partial charge in [0, 0.05) is 24.0 Å². The summed E-state index contributed by atoms with van der Waals surface area (Å²) in [5.41, 5.74) is 3.25. The normalized spacial score (nSPS) is 10.2. The van der Waals surface area contributed by atoms with Gasteiger partial charge in [-0.3, -0.25) is 15.1 Å². The molecule has 0 aliphatic rings. The number of aromatic nitrogens is 1. The molecule has 98 valence electrons. The molecule has 0 saturated carbocycles. The number of nitrogens with one attached hydrogen (secondary N) is 1. The third kappa shape index (κ3) is 3.07. The van der Waals surface area contributed by atoms with Crippen molar-refractivity contribution in [3.63, 3.8) is 0 Å². The van der Waals surface area contributed by atoms with Crippen molar-refractivity contribution < 1.29 is 4.92 Å². The summed E-state index contributed by atoms with van der Waals surface area (Å²) in [5.74, 6) is 0. The number of nitrogens with zero attached hydrogens (tertiary/aromatic N) is 2. The first kappa shape index (κ1) is 13.0. The van der Waals surface area contributed by atoms with Gasteiger partial charge in [0.1, 0.15) is 5.69 Å². The number of anilines is 1. The quantitative estimate of drug-likeness (QED) is 0.674. The molecule has 1 heterocycles. The Kier molecular flexibility index (Phi) is 3.75. The second kappa shape index (κ2) is 5.48. The lowest BCUT2D eigenvalue weighted by atomic mass is 10.1. The molecule has 0 unspecified atom stereocenters. The Labute approximate surface area is 111 Å². The van der Waals surface area contributed by atoms with E-state index in [1.165, 1.54) is 0 Å². The lowest BCUT2D eigenvalue weighted by Gasteiger charge is -2.08. The number of hydrogen-bond acceptors (Lipinski definition) is 4. The van der Waals surface area contributed by atoms with Crippen LogP contribution < -0.4 is 5.32 Å². The van der Waals surface area contributed by atoms with Gasteiger partial charge in [-0.15, -0.1) is 0 Å². The Morgan fingerprint density at radius 2 is 2.05 bits per heavy atom. The maximum atomic E-state index is 11.1. The van der Waals surface area contributed by atoms with Gasteiger partial charge in [0.15, 0.2) is 0 Å². The Balaban J connectivity index is 2.18. The van der Waals surface area contributed by atoms with E-state index in [1.54, 1.807) is 31.3 Å². The van der Waals surface area contributed by atoms with E-state index in [0.717, 1.165) is 11.3 Å². The van der Waals surface area contributed by atoms with E-state index in [2.05, 4.69) is 10.3 Å². The van der Waals surface area contributed by atoms with Gasteiger partial charge in [-0.05, 0) is 31.5 Å². The number of nitro groups is 1. The van der Waals surface area contributed by atoms with Crippen molar-refractivity contribution in [1.29, 1.82) is 0 Å². The molecule has 0 fully saturated rings. The number of hydrogen-bond donors (Lipinski definition) is 1. The molecule has 0 saturated heterocycles. The first-order chi connectivity index (χ1) is 9.08. The molecular weight excluding hydrogens is 242 g/mol. The highest BCUT2D eigenvalue weighted by atomic mass is 16.6. The Hall–Kier alpha value is -2.43. The molecule has 5 nitrogen and oxygen atoms in total. The van der Waals surface area contributed by atoms with E-state index in [-0.39, 0.29) is 10.6 Å². The number of pyridine rings is 1. The summed E-state index contributed by atoms with van der Waals surface area (Å²) in [6, 6.07) is 9.13. The zero-order valence-corrected chi connectivity index (χ0v) is 10.9. The molecule has 0 atom stereocenters. The minimum atomic E-state index is -0.356. The maximum Gasteiger partial charge on any atom is 0.295 e. The molecule has 1 aromatic carbocycles. The first-order valence-corrected chi connectivity index (χ1v) is 5.97. The number of benzene rings is 1. The fourth-order valence-corrected chi connectivity index (χ4v) is 1.84. The minimum absolute atomic E-state index is 0.127. The average molecular weight is 257 g/mol. The van der Waals surface area contributed by atoms with Crippen LogP contribution in [0.15, 0.2) is 36.5 Å². The maximum absolute atomic E-state index is 11.1. The molecule has 0 aliphatic carbocycles. The fraction of sp³-hybridized carbons (Fsp3) is 0.214. The zero-order valence-electron chi connectivity index (χ0n) is 10.9. The number of para-hydroxylation sites is 1. The summed E-state index contributed by atoms with van der Waals surface area (Å²) in [6.45, 7) is 4.16. The molecule has 2 rings (SSSR count). The smallest absolute Gasteiger partial charge is 0.295 e. The third-order valence-corrected chi connectivity index (χ3v) is 2.88. The highest BCUT2D eigenvalue weighted by molar-refractivity contribution is 5.65. The Morgan fingerprint density at radius 1 is 1.26 bits per heavy atom. The van der Waals surface area contributed by atoms with Gasteiger partial charge in [-0.1, -0.05) is 18.2 Å². The predicted octanol–water partition coefficient (Wildman–Crippen LogP) is 3.22. The lowest BCUT2D eigenvalue weighted by Crippen LogP contribution is -2.04. The van der Waals surface area contributed by atoms with Crippen LogP contribution in [0, 0.1) is 24.0 Å². The van der Waals surface area contributed by atoms with Gasteiger partial charge in [0.2, 0.25) is 0 Å². The minimum Gasteiger partial charge on any atom is -0.375 e. The molecule has 19 heavy (non-hydrogen) atoms. The van der Waals surface area contributed by atoms with Crippen LogP contribution in [0.2, 0.25) is 0 Å². The van der Waals surface area contributed by atoms with Crippen molar-refractivity contribution >= 4 is 11.4 Å². The van der Waals surface area contributed by atoms with E-state index < -0.39 is 0 Å². The van der Waals surface area contributed by atoms with Crippen LogP contribution in [0.3, 0.4) is 0 Å². The summed E-state index contributed by atoms with van der Waals surface area (Å²) < 4.78 is 0. The second-order valence-corrected chi connectivity index (χ2v) is 4.39. The first-order valence-electron chi connectivity index (χ1n) is 5.97. The van der Waals surface area contributed by atoms with Gasteiger partial charge in [-0.25, -0.2) is 0 Å². The molecular formula is C14H15N3O2. The van der Waals surface area contributed by atoms with Gasteiger partial charge < -0.3 is 5.32 Å². The topological polar surface area (TPSA) is 68.1 Å². The van der Waals surface area contributed by atoms with Gasteiger partial charge in [0.25, 0.3) is 5.69 Å². The fourth-order valence-electron chi connectivity index (χ4n) is 1.84. The molecule has 0 radical (unpaired) electrons. The number of aryl methyl sites for hydroxylation is 2. The standard InChI is InChI=1S/C14H15N3O2/c1-10-4-3-5-13(14(10)17(18)19)16-9-12-7-6-11(2)15-8-12/h3-8,16H,9H2,1-2H3. The highest BCUT2D eigenvalue weighted by Gasteiger charge is 2.16. The van der Waals surface area contributed by atoms with Crippen LogP contribution in [-0.4, -0.2) is 9.91 Å². The van der Waals surface area contributed by atoms with E-state index in [0.29, 0.717) is 17.8 Å². The van der Waals surface area contributed by atoms with Crippen molar-refractivity contribution in [2.24, 2.45) is 0 Å². The molecule has 0 bridgehead atoms. The van der Waals surface area contributed by atoms with Gasteiger partial charge in [-0.2, -0.15) is 0 Å². The van der Waals surface area contributed by atoms with Crippen LogP contribution >= 0.6 is 0 Å². The summed E-state index contributed by atoms with van der Waals surface area (Å²) in [5, 5.41) is 14.1. The van der Waals surface area contributed by atoms with Crippen molar-refractivity contribution in [3.8, 4) is 0 Å². The average Bonchev–Trinajstić information content (AvgIpc) is 2.37. The van der Waals surface area contributed by atoms with Crippen LogP contribution in [0.4, 0.5) is 11.4 Å². The monoisotopic (exact) mass is 257 g/mol. The Bertz CT molecular complexity index is 594. The lowest BCUT2D eigenvalue weighted by molar-refractivity contribution is -0.384. The number of nitro benzene ring substituents is 1. The van der Waals surface area contributed by atoms with Crippen molar-refractivity contribution in [2.75, 3.05) is 5.32 Å². The molecule has 1 N–H and O–H groups in total. The van der Waals surface area contributed by atoms with Gasteiger partial charge >= 0.3 is 0 Å². The third-order valence-electron chi connectivity index (χ3n) is 2.88. The summed E-state index contributed by atoms with van der Waals surface area (Å²) >= 11 is 0. The molecule has 0 aliphatic heterocycles. The second-order valence-electron chi connectivity index (χ2n) is 4.39. The van der Waals surface area contributed by atoms with Crippen LogP contribution in [0.25, 0.3) is 0 Å².